The molecule has 16 heavy (non-hydrogen) atoms. The van der Waals surface area contributed by atoms with Crippen molar-refractivity contribution in [2.24, 2.45) is 5.92 Å². The Bertz CT molecular complexity index is 413. The van der Waals surface area contributed by atoms with Crippen LogP contribution in [-0.4, -0.2) is 29.5 Å². The summed E-state index contributed by atoms with van der Waals surface area (Å²) in [5, 5.41) is 9.43. The van der Waals surface area contributed by atoms with Crippen LogP contribution in [0.15, 0.2) is 18.2 Å². The topological polar surface area (TPSA) is 66.6 Å². The number of hydrogen-bond acceptors (Lipinski definition) is 3. The van der Waals surface area contributed by atoms with Crippen molar-refractivity contribution in [3.05, 3.63) is 23.8 Å². The van der Waals surface area contributed by atoms with Gasteiger partial charge in [-0.15, -0.1) is 0 Å². The molecule has 1 aromatic rings. The number of amides is 1. The van der Waals surface area contributed by atoms with Crippen molar-refractivity contribution >= 4 is 11.6 Å². The van der Waals surface area contributed by atoms with Crippen LogP contribution in [-0.2, 0) is 0 Å². The molecule has 0 unspecified atom stereocenters. The fourth-order valence-electron chi connectivity index (χ4n) is 1.67. The molecule has 0 radical (unpaired) electrons. The molecule has 3 N–H and O–H groups in total. The highest BCUT2D eigenvalue weighted by atomic mass is 16.3. The molecular formula is C12H16N2O2. The van der Waals surface area contributed by atoms with Crippen molar-refractivity contribution in [1.29, 1.82) is 0 Å². The molecule has 86 valence electrons. The van der Waals surface area contributed by atoms with Crippen molar-refractivity contribution in [3.8, 4) is 5.75 Å². The van der Waals surface area contributed by atoms with Gasteiger partial charge in [0.15, 0.2) is 0 Å². The normalized spacial score (nSPS) is 14.8. The second kappa shape index (κ2) is 4.04. The van der Waals surface area contributed by atoms with E-state index in [9.17, 15) is 9.90 Å². The minimum Gasteiger partial charge on any atom is -0.506 e. The first-order valence-corrected chi connectivity index (χ1v) is 5.42. The van der Waals surface area contributed by atoms with Crippen LogP contribution >= 0.6 is 0 Å². The Morgan fingerprint density at radius 2 is 2.25 bits per heavy atom. The molecule has 1 fully saturated rings. The van der Waals surface area contributed by atoms with E-state index in [1.165, 1.54) is 18.9 Å². The number of anilines is 1. The van der Waals surface area contributed by atoms with Gasteiger partial charge in [0.1, 0.15) is 5.75 Å². The lowest BCUT2D eigenvalue weighted by atomic mass is 10.1. The summed E-state index contributed by atoms with van der Waals surface area (Å²) < 4.78 is 0. The molecule has 1 aliphatic carbocycles. The Labute approximate surface area is 94.7 Å². The molecule has 4 heteroatoms. The van der Waals surface area contributed by atoms with Crippen LogP contribution in [0.2, 0.25) is 0 Å². The number of phenolic OH excluding ortho intramolecular Hbond substituents is 1. The van der Waals surface area contributed by atoms with Gasteiger partial charge in [0.2, 0.25) is 0 Å². The van der Waals surface area contributed by atoms with Gasteiger partial charge in [-0.05, 0) is 37.0 Å². The van der Waals surface area contributed by atoms with Gasteiger partial charge in [0.25, 0.3) is 5.91 Å². The van der Waals surface area contributed by atoms with E-state index < -0.39 is 0 Å². The van der Waals surface area contributed by atoms with Crippen LogP contribution in [0.1, 0.15) is 23.2 Å². The predicted molar refractivity (Wildman–Crippen MR) is 62.2 cm³/mol. The van der Waals surface area contributed by atoms with E-state index in [-0.39, 0.29) is 11.7 Å². The third-order valence-corrected chi connectivity index (χ3v) is 2.85. The number of carbonyl (C=O) groups is 1. The smallest absolute Gasteiger partial charge is 0.253 e. The van der Waals surface area contributed by atoms with Gasteiger partial charge < -0.3 is 15.7 Å². The number of nitrogens with zero attached hydrogens (tertiary/aromatic N) is 1. The van der Waals surface area contributed by atoms with Crippen molar-refractivity contribution in [2.75, 3.05) is 19.3 Å². The number of benzene rings is 1. The first kappa shape index (κ1) is 10.8. The Morgan fingerprint density at radius 3 is 2.81 bits per heavy atom. The Hall–Kier alpha value is -1.71. The van der Waals surface area contributed by atoms with Crippen LogP contribution < -0.4 is 5.73 Å². The summed E-state index contributed by atoms with van der Waals surface area (Å²) >= 11 is 0. The lowest BCUT2D eigenvalue weighted by molar-refractivity contribution is 0.0788. The highest BCUT2D eigenvalue weighted by Crippen LogP contribution is 2.30. The predicted octanol–water partition coefficient (Wildman–Crippen LogP) is 1.46. The number of phenols is 1. The molecule has 0 aromatic heterocycles. The van der Waals surface area contributed by atoms with Crippen molar-refractivity contribution in [1.82, 2.24) is 4.90 Å². The molecule has 1 aliphatic rings. The molecule has 1 aromatic carbocycles. The Balaban J connectivity index is 2.09. The molecule has 0 bridgehead atoms. The second-order valence-corrected chi connectivity index (χ2v) is 4.40. The fraction of sp³-hybridized carbons (Fsp3) is 0.417. The third-order valence-electron chi connectivity index (χ3n) is 2.85. The zero-order chi connectivity index (χ0) is 11.7. The summed E-state index contributed by atoms with van der Waals surface area (Å²) in [6, 6.07) is 4.61. The van der Waals surface area contributed by atoms with Crippen LogP contribution in [0.4, 0.5) is 5.69 Å². The van der Waals surface area contributed by atoms with E-state index in [4.69, 9.17) is 5.73 Å². The average molecular weight is 220 g/mol. The van der Waals surface area contributed by atoms with E-state index in [1.54, 1.807) is 24.1 Å². The number of aromatic hydroxyl groups is 1. The standard InChI is InChI=1S/C12H16N2O2/c1-14(7-8-2-3-8)12(16)9-4-5-10(13)11(15)6-9/h4-6,8,15H,2-3,7,13H2,1H3. The maximum atomic E-state index is 11.9. The van der Waals surface area contributed by atoms with E-state index in [1.807, 2.05) is 0 Å². The van der Waals surface area contributed by atoms with Gasteiger partial charge in [-0.1, -0.05) is 0 Å². The number of nitrogens with two attached hydrogens (primary N) is 1. The number of nitrogen functional groups attached to an aromatic ring is 1. The van der Waals surface area contributed by atoms with Crippen molar-refractivity contribution in [3.63, 3.8) is 0 Å². The van der Waals surface area contributed by atoms with Gasteiger partial charge in [0, 0.05) is 19.2 Å². The number of rotatable bonds is 3. The van der Waals surface area contributed by atoms with Gasteiger partial charge in [-0.3, -0.25) is 4.79 Å². The first-order chi connectivity index (χ1) is 7.58. The summed E-state index contributed by atoms with van der Waals surface area (Å²) in [4.78, 5) is 13.6. The highest BCUT2D eigenvalue weighted by molar-refractivity contribution is 5.95. The van der Waals surface area contributed by atoms with Crippen LogP contribution in [0.5, 0.6) is 5.75 Å². The largest absolute Gasteiger partial charge is 0.506 e. The van der Waals surface area contributed by atoms with Crippen LogP contribution in [0, 0.1) is 5.92 Å². The maximum absolute atomic E-state index is 11.9. The molecule has 0 aliphatic heterocycles. The fourth-order valence-corrected chi connectivity index (χ4v) is 1.67. The van der Waals surface area contributed by atoms with Crippen LogP contribution in [0.25, 0.3) is 0 Å². The summed E-state index contributed by atoms with van der Waals surface area (Å²) in [6.45, 7) is 0.796. The van der Waals surface area contributed by atoms with Gasteiger partial charge >= 0.3 is 0 Å². The average Bonchev–Trinajstić information content (AvgIpc) is 3.05. The zero-order valence-electron chi connectivity index (χ0n) is 9.31. The summed E-state index contributed by atoms with van der Waals surface area (Å²) in [7, 11) is 1.79. The SMILES string of the molecule is CN(CC1CC1)C(=O)c1ccc(N)c(O)c1. The maximum Gasteiger partial charge on any atom is 0.253 e. The monoisotopic (exact) mass is 220 g/mol. The first-order valence-electron chi connectivity index (χ1n) is 5.42. The van der Waals surface area contributed by atoms with Gasteiger partial charge in [-0.2, -0.15) is 0 Å². The summed E-state index contributed by atoms with van der Waals surface area (Å²) in [6.07, 6.45) is 2.43. The minimum absolute atomic E-state index is 0.0364. The molecule has 0 saturated heterocycles. The van der Waals surface area contributed by atoms with E-state index in [0.717, 1.165) is 6.54 Å². The Morgan fingerprint density at radius 1 is 1.56 bits per heavy atom. The van der Waals surface area contributed by atoms with Crippen molar-refractivity contribution < 1.29 is 9.90 Å². The van der Waals surface area contributed by atoms with E-state index in [0.29, 0.717) is 17.2 Å². The molecule has 2 rings (SSSR count). The summed E-state index contributed by atoms with van der Waals surface area (Å²) in [5.41, 5.74) is 6.26. The molecule has 1 amide bonds. The van der Waals surface area contributed by atoms with Gasteiger partial charge in [-0.25, -0.2) is 0 Å². The second-order valence-electron chi connectivity index (χ2n) is 4.40. The third kappa shape index (κ3) is 2.27. The number of carbonyl (C=O) groups excluding carboxylic acids is 1. The van der Waals surface area contributed by atoms with E-state index >= 15 is 0 Å². The molecular weight excluding hydrogens is 204 g/mol. The summed E-state index contributed by atoms with van der Waals surface area (Å²) in [5.74, 6) is 0.559. The van der Waals surface area contributed by atoms with Crippen LogP contribution in [0.3, 0.4) is 0 Å². The minimum atomic E-state index is -0.0674. The Kier molecular flexibility index (Phi) is 2.73. The highest BCUT2D eigenvalue weighted by Gasteiger charge is 2.25. The number of hydrogen-bond donors (Lipinski definition) is 2. The van der Waals surface area contributed by atoms with Gasteiger partial charge in [0.05, 0.1) is 5.69 Å². The lowest BCUT2D eigenvalue weighted by Crippen LogP contribution is -2.28. The molecule has 0 atom stereocenters. The quantitative estimate of drug-likeness (QED) is 0.598. The molecule has 1 saturated carbocycles. The molecule has 0 spiro atoms. The van der Waals surface area contributed by atoms with Crippen molar-refractivity contribution in [2.45, 2.75) is 12.8 Å². The zero-order valence-corrected chi connectivity index (χ0v) is 9.31. The van der Waals surface area contributed by atoms with E-state index in [2.05, 4.69) is 0 Å². The molecule has 4 nitrogen and oxygen atoms in total. The lowest BCUT2D eigenvalue weighted by Gasteiger charge is -2.17. The molecule has 0 heterocycles.